The van der Waals surface area contributed by atoms with Crippen LogP contribution in [-0.4, -0.2) is 12.1 Å². The van der Waals surface area contributed by atoms with Gasteiger partial charge in [0, 0.05) is 13.3 Å². The molecule has 0 fully saturated rings. The summed E-state index contributed by atoms with van der Waals surface area (Å²) in [5.41, 5.74) is 2.46. The van der Waals surface area contributed by atoms with Crippen molar-refractivity contribution in [3.8, 4) is 0 Å². The van der Waals surface area contributed by atoms with Gasteiger partial charge in [-0.2, -0.15) is 0 Å². The fourth-order valence-electron chi connectivity index (χ4n) is 2.66. The summed E-state index contributed by atoms with van der Waals surface area (Å²) in [4.78, 5) is 11.2. The lowest BCUT2D eigenvalue weighted by atomic mass is 9.83. The number of hydrogen-bond donors (Lipinski definition) is 0. The molecule has 0 bridgehead atoms. The summed E-state index contributed by atoms with van der Waals surface area (Å²) in [5, 5.41) is 0. The minimum atomic E-state index is -0.213. The minimum absolute atomic E-state index is 0.140. The molecule has 0 saturated carbocycles. The van der Waals surface area contributed by atoms with Crippen LogP contribution < -0.4 is 0 Å². The summed E-state index contributed by atoms with van der Waals surface area (Å²) in [6.45, 7) is 12.4. The number of ether oxygens (including phenoxy) is 1. The first-order valence-electron chi connectivity index (χ1n) is 7.40. The molecule has 0 aromatic rings. The first kappa shape index (κ1) is 16.0. The van der Waals surface area contributed by atoms with Crippen molar-refractivity contribution in [2.24, 2.45) is 11.8 Å². The van der Waals surface area contributed by atoms with Gasteiger partial charge in [-0.25, -0.2) is 0 Å². The van der Waals surface area contributed by atoms with Gasteiger partial charge in [0.1, 0.15) is 6.10 Å². The largest absolute Gasteiger partial charge is 0.458 e. The average molecular weight is 264 g/mol. The van der Waals surface area contributed by atoms with Gasteiger partial charge in [-0.3, -0.25) is 4.79 Å². The van der Waals surface area contributed by atoms with Crippen molar-refractivity contribution >= 4 is 5.97 Å². The van der Waals surface area contributed by atoms with Crippen LogP contribution in [0.1, 0.15) is 59.8 Å². The highest BCUT2D eigenvalue weighted by molar-refractivity contribution is 5.66. The van der Waals surface area contributed by atoms with Gasteiger partial charge in [0.15, 0.2) is 0 Å². The molecule has 19 heavy (non-hydrogen) atoms. The van der Waals surface area contributed by atoms with Gasteiger partial charge in [0.05, 0.1) is 0 Å². The van der Waals surface area contributed by atoms with E-state index in [1.165, 1.54) is 18.9 Å². The molecule has 1 aliphatic rings. The Morgan fingerprint density at radius 1 is 1.37 bits per heavy atom. The molecule has 0 heterocycles. The second-order valence-electron chi connectivity index (χ2n) is 6.12. The number of esters is 1. The summed E-state index contributed by atoms with van der Waals surface area (Å²) in [6, 6.07) is 0. The van der Waals surface area contributed by atoms with Crippen molar-refractivity contribution in [3.63, 3.8) is 0 Å². The van der Waals surface area contributed by atoms with Gasteiger partial charge < -0.3 is 4.74 Å². The topological polar surface area (TPSA) is 26.3 Å². The molecule has 0 spiro atoms. The van der Waals surface area contributed by atoms with E-state index >= 15 is 0 Å². The molecule has 2 nitrogen and oxygen atoms in total. The molecule has 2 atom stereocenters. The van der Waals surface area contributed by atoms with Crippen LogP contribution in [0.15, 0.2) is 23.8 Å². The number of rotatable bonds is 2. The predicted octanol–water partition coefficient (Wildman–Crippen LogP) is 4.66. The van der Waals surface area contributed by atoms with E-state index in [4.69, 9.17) is 4.74 Å². The first-order chi connectivity index (χ1) is 8.90. The van der Waals surface area contributed by atoms with Gasteiger partial charge in [-0.1, -0.05) is 32.1 Å². The number of carbonyl (C=O) groups is 1. The van der Waals surface area contributed by atoms with Gasteiger partial charge in [0.25, 0.3) is 0 Å². The first-order valence-corrected chi connectivity index (χ1v) is 7.40. The molecule has 2 heteroatoms. The van der Waals surface area contributed by atoms with E-state index in [0.717, 1.165) is 37.2 Å². The summed E-state index contributed by atoms with van der Waals surface area (Å²) >= 11 is 0. The highest BCUT2D eigenvalue weighted by atomic mass is 16.5. The van der Waals surface area contributed by atoms with Crippen LogP contribution in [0.25, 0.3) is 0 Å². The molecule has 1 rings (SSSR count). The number of hydrogen-bond acceptors (Lipinski definition) is 2. The van der Waals surface area contributed by atoms with Crippen LogP contribution in [0, 0.1) is 11.8 Å². The summed E-state index contributed by atoms with van der Waals surface area (Å²) < 4.78 is 5.40. The van der Waals surface area contributed by atoms with Crippen molar-refractivity contribution < 1.29 is 9.53 Å². The van der Waals surface area contributed by atoms with Crippen LogP contribution in [0.5, 0.6) is 0 Å². The molecule has 1 aliphatic carbocycles. The predicted molar refractivity (Wildman–Crippen MR) is 79.9 cm³/mol. The van der Waals surface area contributed by atoms with Crippen LogP contribution in [-0.2, 0) is 9.53 Å². The molecule has 0 aromatic heterocycles. The van der Waals surface area contributed by atoms with Gasteiger partial charge in [-0.15, -0.1) is 0 Å². The second-order valence-corrected chi connectivity index (χ2v) is 6.12. The monoisotopic (exact) mass is 264 g/mol. The van der Waals surface area contributed by atoms with Gasteiger partial charge in [0.2, 0.25) is 0 Å². The Kier molecular flexibility index (Phi) is 6.33. The Morgan fingerprint density at radius 2 is 2.00 bits per heavy atom. The zero-order valence-corrected chi connectivity index (χ0v) is 12.9. The SMILES string of the molecule is C=C1CCC(C(C)C)CC/C(C)=C\C[C@H]1OC(C)=O. The minimum Gasteiger partial charge on any atom is -0.458 e. The van der Waals surface area contributed by atoms with Crippen molar-refractivity contribution in [1.82, 2.24) is 0 Å². The Morgan fingerprint density at radius 3 is 2.58 bits per heavy atom. The zero-order chi connectivity index (χ0) is 14.4. The molecular weight excluding hydrogens is 236 g/mol. The number of carbonyl (C=O) groups excluding carboxylic acids is 1. The maximum absolute atomic E-state index is 11.2. The third-order valence-electron chi connectivity index (χ3n) is 4.13. The van der Waals surface area contributed by atoms with Crippen molar-refractivity contribution in [2.45, 2.75) is 65.9 Å². The van der Waals surface area contributed by atoms with E-state index in [0.29, 0.717) is 5.92 Å². The van der Waals surface area contributed by atoms with E-state index in [9.17, 15) is 4.79 Å². The van der Waals surface area contributed by atoms with Crippen LogP contribution in [0.3, 0.4) is 0 Å². The van der Waals surface area contributed by atoms with Gasteiger partial charge >= 0.3 is 5.97 Å². The van der Waals surface area contributed by atoms with E-state index in [1.54, 1.807) is 0 Å². The molecule has 0 aliphatic heterocycles. The highest BCUT2D eigenvalue weighted by Crippen LogP contribution is 2.29. The molecule has 0 amide bonds. The van der Waals surface area contributed by atoms with E-state index in [1.807, 2.05) is 0 Å². The van der Waals surface area contributed by atoms with E-state index < -0.39 is 0 Å². The molecule has 0 saturated heterocycles. The molecule has 1 unspecified atom stereocenters. The Hall–Kier alpha value is -1.05. The third kappa shape index (κ3) is 5.63. The normalized spacial score (nSPS) is 28.7. The third-order valence-corrected chi connectivity index (χ3v) is 4.13. The van der Waals surface area contributed by atoms with E-state index in [2.05, 4.69) is 33.4 Å². The Bertz CT molecular complexity index is 352. The summed E-state index contributed by atoms with van der Waals surface area (Å²) in [5.74, 6) is 1.22. The molecule has 108 valence electrons. The molecule has 0 N–H and O–H groups in total. The standard InChI is InChI=1S/C17H28O2/c1-12(2)16-9-6-13(3)7-11-17(19-15(5)18)14(4)8-10-16/h7,12,16-17H,4,6,8-11H2,1-3,5H3/b13-7-/t16?,17-/m1/s1. The van der Waals surface area contributed by atoms with Crippen LogP contribution >= 0.6 is 0 Å². The second kappa shape index (κ2) is 7.52. The Labute approximate surface area is 117 Å². The zero-order valence-electron chi connectivity index (χ0n) is 12.9. The number of allylic oxidation sites excluding steroid dienone is 1. The fourth-order valence-corrected chi connectivity index (χ4v) is 2.66. The highest BCUT2D eigenvalue weighted by Gasteiger charge is 2.20. The summed E-state index contributed by atoms with van der Waals surface area (Å²) in [6.07, 6.45) is 7.37. The Balaban J connectivity index is 2.79. The van der Waals surface area contributed by atoms with Crippen LogP contribution in [0.4, 0.5) is 0 Å². The average Bonchev–Trinajstić information content (AvgIpc) is 2.32. The van der Waals surface area contributed by atoms with Crippen molar-refractivity contribution in [2.75, 3.05) is 0 Å². The molecule has 0 aromatic carbocycles. The van der Waals surface area contributed by atoms with Crippen molar-refractivity contribution in [3.05, 3.63) is 23.8 Å². The van der Waals surface area contributed by atoms with Gasteiger partial charge in [-0.05, 0) is 50.0 Å². The quantitative estimate of drug-likeness (QED) is 0.535. The summed E-state index contributed by atoms with van der Waals surface area (Å²) in [7, 11) is 0. The molecule has 0 radical (unpaired) electrons. The fraction of sp³-hybridized carbons (Fsp3) is 0.706. The lowest BCUT2D eigenvalue weighted by Gasteiger charge is -2.25. The van der Waals surface area contributed by atoms with E-state index in [-0.39, 0.29) is 12.1 Å². The lowest BCUT2D eigenvalue weighted by molar-refractivity contribution is -0.144. The van der Waals surface area contributed by atoms with Crippen LogP contribution in [0.2, 0.25) is 0 Å². The lowest BCUT2D eigenvalue weighted by Crippen LogP contribution is -2.20. The van der Waals surface area contributed by atoms with Crippen molar-refractivity contribution in [1.29, 1.82) is 0 Å². The maximum Gasteiger partial charge on any atom is 0.303 e. The smallest absolute Gasteiger partial charge is 0.303 e. The molecular formula is C17H28O2. The maximum atomic E-state index is 11.2.